The van der Waals surface area contributed by atoms with E-state index in [9.17, 15) is 19.2 Å². The number of nitrogens with one attached hydrogen (secondary N) is 1. The molecule has 0 aliphatic carbocycles. The van der Waals surface area contributed by atoms with Crippen LogP contribution in [0.5, 0.6) is 0 Å². The fraction of sp³-hybridized carbons (Fsp3) is 0.238. The van der Waals surface area contributed by atoms with Crippen LogP contribution in [0, 0.1) is 6.92 Å². The summed E-state index contributed by atoms with van der Waals surface area (Å²) in [5.74, 6) is -0.443. The Bertz CT molecular complexity index is 1100. The van der Waals surface area contributed by atoms with Gasteiger partial charge in [-0.25, -0.2) is 4.79 Å². The van der Waals surface area contributed by atoms with E-state index in [1.807, 2.05) is 13.0 Å². The molecule has 1 aromatic carbocycles. The van der Waals surface area contributed by atoms with Crippen molar-refractivity contribution in [3.05, 3.63) is 62.6 Å². The molecule has 2 heterocycles. The van der Waals surface area contributed by atoms with Crippen LogP contribution >= 0.6 is 11.3 Å². The van der Waals surface area contributed by atoms with Crippen LogP contribution in [0.4, 0.5) is 5.69 Å². The standard InChI is InChI=1S/C21H19NO5S/c1-13-2-9-19(28-13)17(24)7-5-16(23)6-10-20(25)22-15-4-8-18-14(12-15)3-11-21(26)27-18/h2-4,8-9,11-12H,5-7,10H2,1H3,(H,22,25). The summed E-state index contributed by atoms with van der Waals surface area (Å²) in [6.45, 7) is 1.93. The van der Waals surface area contributed by atoms with Crippen molar-refractivity contribution in [1.82, 2.24) is 0 Å². The molecule has 1 amide bonds. The van der Waals surface area contributed by atoms with E-state index in [1.165, 1.54) is 17.4 Å². The zero-order valence-corrected chi connectivity index (χ0v) is 16.1. The number of anilines is 1. The fourth-order valence-electron chi connectivity index (χ4n) is 2.71. The molecule has 6 nitrogen and oxygen atoms in total. The molecule has 3 aromatic rings. The number of ketones is 2. The monoisotopic (exact) mass is 397 g/mol. The van der Waals surface area contributed by atoms with E-state index in [1.54, 1.807) is 30.3 Å². The van der Waals surface area contributed by atoms with E-state index in [0.29, 0.717) is 21.5 Å². The number of hydrogen-bond donors (Lipinski definition) is 1. The van der Waals surface area contributed by atoms with Gasteiger partial charge in [-0.3, -0.25) is 14.4 Å². The highest BCUT2D eigenvalue weighted by molar-refractivity contribution is 7.14. The SMILES string of the molecule is Cc1ccc(C(=O)CCC(=O)CCC(=O)Nc2ccc3oc(=O)ccc3c2)s1. The largest absolute Gasteiger partial charge is 0.423 e. The molecule has 28 heavy (non-hydrogen) atoms. The number of amides is 1. The summed E-state index contributed by atoms with van der Waals surface area (Å²) in [4.78, 5) is 49.0. The molecule has 0 spiro atoms. The quantitative estimate of drug-likeness (QED) is 0.456. The number of thiophene rings is 1. The van der Waals surface area contributed by atoms with Gasteiger partial charge in [0.15, 0.2) is 5.78 Å². The van der Waals surface area contributed by atoms with Gasteiger partial charge in [-0.05, 0) is 43.3 Å². The van der Waals surface area contributed by atoms with E-state index in [2.05, 4.69) is 5.32 Å². The summed E-state index contributed by atoms with van der Waals surface area (Å²) >= 11 is 1.42. The summed E-state index contributed by atoms with van der Waals surface area (Å²) in [5, 5.41) is 3.41. The third-order valence-corrected chi connectivity index (χ3v) is 5.22. The zero-order valence-electron chi connectivity index (χ0n) is 15.3. The Morgan fingerprint density at radius 3 is 2.50 bits per heavy atom. The van der Waals surface area contributed by atoms with Crippen LogP contribution in [0.2, 0.25) is 0 Å². The number of Topliss-reactive ketones (excluding diaryl/α,β-unsaturated/α-hetero) is 2. The maximum atomic E-state index is 12.1. The lowest BCUT2D eigenvalue weighted by atomic mass is 10.1. The number of benzene rings is 1. The number of carbonyl (C=O) groups excluding carboxylic acids is 3. The van der Waals surface area contributed by atoms with Gasteiger partial charge in [0.2, 0.25) is 5.91 Å². The van der Waals surface area contributed by atoms with Crippen LogP contribution in [0.25, 0.3) is 11.0 Å². The van der Waals surface area contributed by atoms with E-state index in [4.69, 9.17) is 4.42 Å². The minimum absolute atomic E-state index is 0.0429. The normalized spacial score (nSPS) is 10.8. The molecule has 2 aromatic heterocycles. The predicted octanol–water partition coefficient (Wildman–Crippen LogP) is 4.11. The van der Waals surface area contributed by atoms with Gasteiger partial charge < -0.3 is 9.73 Å². The second kappa shape index (κ2) is 8.75. The minimum Gasteiger partial charge on any atom is -0.423 e. The van der Waals surface area contributed by atoms with Gasteiger partial charge in [0.1, 0.15) is 11.4 Å². The summed E-state index contributed by atoms with van der Waals surface area (Å²) in [6.07, 6.45) is 0.437. The predicted molar refractivity (Wildman–Crippen MR) is 108 cm³/mol. The van der Waals surface area contributed by atoms with Crippen LogP contribution < -0.4 is 10.9 Å². The molecule has 0 aliphatic rings. The Labute approximate surface area is 165 Å². The highest BCUT2D eigenvalue weighted by Gasteiger charge is 2.13. The Morgan fingerprint density at radius 2 is 1.75 bits per heavy atom. The third kappa shape index (κ3) is 5.23. The van der Waals surface area contributed by atoms with Crippen molar-refractivity contribution in [2.45, 2.75) is 32.6 Å². The first-order valence-electron chi connectivity index (χ1n) is 8.86. The lowest BCUT2D eigenvalue weighted by Crippen LogP contribution is -2.14. The minimum atomic E-state index is -0.435. The van der Waals surface area contributed by atoms with Crippen molar-refractivity contribution in [1.29, 1.82) is 0 Å². The Kier molecular flexibility index (Phi) is 6.16. The van der Waals surface area contributed by atoms with Gasteiger partial charge in [0.25, 0.3) is 0 Å². The Balaban J connectivity index is 1.46. The number of rotatable bonds is 8. The molecular formula is C21H19NO5S. The van der Waals surface area contributed by atoms with Crippen LogP contribution in [-0.4, -0.2) is 17.5 Å². The van der Waals surface area contributed by atoms with Gasteiger partial charge in [-0.1, -0.05) is 0 Å². The number of aryl methyl sites for hydroxylation is 1. The summed E-state index contributed by atoms with van der Waals surface area (Å²) in [7, 11) is 0. The van der Waals surface area contributed by atoms with Crippen molar-refractivity contribution in [3.63, 3.8) is 0 Å². The molecule has 0 unspecified atom stereocenters. The summed E-state index contributed by atoms with van der Waals surface area (Å²) < 4.78 is 5.04. The number of hydrogen-bond acceptors (Lipinski definition) is 6. The van der Waals surface area contributed by atoms with Crippen molar-refractivity contribution in [2.24, 2.45) is 0 Å². The van der Waals surface area contributed by atoms with Crippen LogP contribution in [0.15, 0.2) is 51.7 Å². The van der Waals surface area contributed by atoms with Crippen LogP contribution in [-0.2, 0) is 9.59 Å². The van der Waals surface area contributed by atoms with Crippen LogP contribution in [0.1, 0.15) is 40.2 Å². The Hall–Kier alpha value is -3.06. The van der Waals surface area contributed by atoms with Crippen molar-refractivity contribution in [2.75, 3.05) is 5.32 Å². The molecule has 7 heteroatoms. The topological polar surface area (TPSA) is 93.4 Å². The smallest absolute Gasteiger partial charge is 0.336 e. The molecule has 0 fully saturated rings. The average Bonchev–Trinajstić information content (AvgIpc) is 3.11. The molecule has 0 radical (unpaired) electrons. The second-order valence-corrected chi connectivity index (χ2v) is 7.72. The van der Waals surface area contributed by atoms with Crippen molar-refractivity contribution >= 4 is 45.5 Å². The maximum Gasteiger partial charge on any atom is 0.336 e. The lowest BCUT2D eigenvalue weighted by Gasteiger charge is -2.06. The van der Waals surface area contributed by atoms with Gasteiger partial charge >= 0.3 is 5.63 Å². The first-order valence-corrected chi connectivity index (χ1v) is 9.67. The molecule has 0 saturated carbocycles. The van der Waals surface area contributed by atoms with Gasteiger partial charge in [-0.15, -0.1) is 11.3 Å². The van der Waals surface area contributed by atoms with Gasteiger partial charge in [-0.2, -0.15) is 0 Å². The second-order valence-electron chi connectivity index (χ2n) is 6.43. The molecular weight excluding hydrogens is 378 g/mol. The lowest BCUT2D eigenvalue weighted by molar-refractivity contribution is -0.122. The summed E-state index contributed by atoms with van der Waals surface area (Å²) in [6, 6.07) is 11.5. The molecule has 0 saturated heterocycles. The van der Waals surface area contributed by atoms with E-state index >= 15 is 0 Å². The first kappa shape index (κ1) is 19.7. The maximum absolute atomic E-state index is 12.1. The molecule has 144 valence electrons. The highest BCUT2D eigenvalue weighted by atomic mass is 32.1. The fourth-order valence-corrected chi connectivity index (χ4v) is 3.55. The first-order chi connectivity index (χ1) is 13.4. The number of fused-ring (bicyclic) bond motifs is 1. The molecule has 0 bridgehead atoms. The summed E-state index contributed by atoms with van der Waals surface area (Å²) in [5.41, 5.74) is 0.559. The molecule has 3 rings (SSSR count). The van der Waals surface area contributed by atoms with Crippen LogP contribution in [0.3, 0.4) is 0 Å². The average molecular weight is 397 g/mol. The third-order valence-electron chi connectivity index (χ3n) is 4.18. The van der Waals surface area contributed by atoms with Gasteiger partial charge in [0, 0.05) is 47.7 Å². The number of carbonyl (C=O) groups is 3. The molecule has 0 aliphatic heterocycles. The van der Waals surface area contributed by atoms with Gasteiger partial charge in [0.05, 0.1) is 4.88 Å². The molecule has 0 atom stereocenters. The van der Waals surface area contributed by atoms with Crippen molar-refractivity contribution in [3.8, 4) is 0 Å². The molecule has 1 N–H and O–H groups in total. The highest BCUT2D eigenvalue weighted by Crippen LogP contribution is 2.19. The van der Waals surface area contributed by atoms with Crippen molar-refractivity contribution < 1.29 is 18.8 Å². The van der Waals surface area contributed by atoms with E-state index in [-0.39, 0.29) is 43.2 Å². The zero-order chi connectivity index (χ0) is 20.1. The van der Waals surface area contributed by atoms with E-state index in [0.717, 1.165) is 4.88 Å². The van der Waals surface area contributed by atoms with E-state index < -0.39 is 5.63 Å². The Morgan fingerprint density at radius 1 is 0.964 bits per heavy atom.